The molecule has 1 aliphatic rings. The third-order valence-corrected chi connectivity index (χ3v) is 4.82. The molecular weight excluding hydrogens is 330 g/mol. The first-order valence-corrected chi connectivity index (χ1v) is 8.42. The quantitative estimate of drug-likeness (QED) is 0.817. The summed E-state index contributed by atoms with van der Waals surface area (Å²) >= 11 is 0. The monoisotopic (exact) mass is 357 g/mol. The van der Waals surface area contributed by atoms with E-state index in [1.807, 2.05) is 13.8 Å². The highest BCUT2D eigenvalue weighted by molar-refractivity contribution is 5.95. The van der Waals surface area contributed by atoms with Gasteiger partial charge in [-0.1, -0.05) is 13.8 Å². The van der Waals surface area contributed by atoms with Crippen molar-refractivity contribution in [2.45, 2.75) is 57.5 Å². The highest BCUT2D eigenvalue weighted by Gasteiger charge is 2.34. The van der Waals surface area contributed by atoms with Gasteiger partial charge in [0.25, 0.3) is 5.91 Å². The Balaban J connectivity index is 0.00000288. The fourth-order valence-corrected chi connectivity index (χ4v) is 2.87. The lowest BCUT2D eigenvalue weighted by Gasteiger charge is -2.35. The lowest BCUT2D eigenvalue weighted by Crippen LogP contribution is -2.56. The van der Waals surface area contributed by atoms with Gasteiger partial charge in [-0.05, 0) is 44.2 Å². The Morgan fingerprint density at radius 1 is 1.38 bits per heavy atom. The van der Waals surface area contributed by atoms with Gasteiger partial charge >= 0.3 is 0 Å². The first-order chi connectivity index (χ1) is 11.0. The van der Waals surface area contributed by atoms with Crippen LogP contribution >= 0.6 is 12.4 Å². The van der Waals surface area contributed by atoms with Crippen molar-refractivity contribution in [3.05, 3.63) is 24.2 Å². The molecule has 1 aliphatic heterocycles. The third-order valence-electron chi connectivity index (χ3n) is 4.82. The fourth-order valence-electron chi connectivity index (χ4n) is 2.87. The number of halogens is 1. The van der Waals surface area contributed by atoms with Crippen LogP contribution in [0.25, 0.3) is 0 Å². The fraction of sp³-hybridized carbons (Fsp3) is 0.647. The Bertz CT molecular complexity index is 529. The molecule has 1 saturated heterocycles. The molecule has 2 heterocycles. The minimum absolute atomic E-state index is 0. The second kappa shape index (κ2) is 9.08. The molecule has 136 valence electrons. The zero-order chi connectivity index (χ0) is 16.9. The number of likely N-dealkylation sites (tertiary alicyclic amines) is 1. The van der Waals surface area contributed by atoms with Crippen LogP contribution in [0.5, 0.6) is 0 Å². The molecular formula is C17H28ClN3O3. The molecule has 1 unspecified atom stereocenters. The Morgan fingerprint density at radius 3 is 2.67 bits per heavy atom. The van der Waals surface area contributed by atoms with Gasteiger partial charge in [-0.15, -0.1) is 12.4 Å². The second-order valence-electron chi connectivity index (χ2n) is 6.27. The molecule has 0 radical (unpaired) electrons. The van der Waals surface area contributed by atoms with E-state index in [4.69, 9.17) is 10.2 Å². The van der Waals surface area contributed by atoms with Crippen LogP contribution in [0.2, 0.25) is 0 Å². The average Bonchev–Trinajstić information content (AvgIpc) is 3.13. The molecule has 2 rings (SSSR count). The van der Waals surface area contributed by atoms with Gasteiger partial charge in [0.05, 0.1) is 6.26 Å². The molecule has 0 saturated carbocycles. The molecule has 0 aromatic carbocycles. The SMILES string of the molecule is CCC(N)(CC)CNC(=O)C1CCCCN1C(=O)c1ccco1.Cl. The maximum absolute atomic E-state index is 12.6. The van der Waals surface area contributed by atoms with Crippen molar-refractivity contribution in [3.8, 4) is 0 Å². The third kappa shape index (κ3) is 4.74. The summed E-state index contributed by atoms with van der Waals surface area (Å²) in [5, 5.41) is 2.94. The van der Waals surface area contributed by atoms with Crippen LogP contribution in [-0.2, 0) is 4.79 Å². The van der Waals surface area contributed by atoms with Crippen LogP contribution in [0.4, 0.5) is 0 Å². The molecule has 0 bridgehead atoms. The van der Waals surface area contributed by atoms with Crippen molar-refractivity contribution in [2.75, 3.05) is 13.1 Å². The van der Waals surface area contributed by atoms with Gasteiger partial charge in [-0.2, -0.15) is 0 Å². The number of amides is 2. The van der Waals surface area contributed by atoms with Crippen molar-refractivity contribution < 1.29 is 14.0 Å². The zero-order valence-corrected chi connectivity index (χ0v) is 15.2. The molecule has 1 aromatic rings. The first-order valence-electron chi connectivity index (χ1n) is 8.42. The summed E-state index contributed by atoms with van der Waals surface area (Å²) in [5.74, 6) is -0.0684. The van der Waals surface area contributed by atoms with Crippen molar-refractivity contribution in [1.82, 2.24) is 10.2 Å². The molecule has 24 heavy (non-hydrogen) atoms. The summed E-state index contributed by atoms with van der Waals surface area (Å²) in [7, 11) is 0. The van der Waals surface area contributed by atoms with Gasteiger partial charge < -0.3 is 20.4 Å². The Morgan fingerprint density at radius 2 is 2.08 bits per heavy atom. The Labute approximate surface area is 149 Å². The number of hydrogen-bond donors (Lipinski definition) is 2. The molecule has 1 fully saturated rings. The number of carbonyl (C=O) groups excluding carboxylic acids is 2. The van der Waals surface area contributed by atoms with Crippen LogP contribution < -0.4 is 11.1 Å². The van der Waals surface area contributed by atoms with Crippen LogP contribution in [0.15, 0.2) is 22.8 Å². The highest BCUT2D eigenvalue weighted by atomic mass is 35.5. The van der Waals surface area contributed by atoms with E-state index in [0.29, 0.717) is 19.5 Å². The molecule has 0 spiro atoms. The minimum Gasteiger partial charge on any atom is -0.459 e. The number of furan rings is 1. The van der Waals surface area contributed by atoms with E-state index in [1.54, 1.807) is 17.0 Å². The number of piperidine rings is 1. The summed E-state index contributed by atoms with van der Waals surface area (Å²) in [6.07, 6.45) is 5.58. The van der Waals surface area contributed by atoms with Gasteiger partial charge in [0.2, 0.25) is 5.91 Å². The summed E-state index contributed by atoms with van der Waals surface area (Å²) < 4.78 is 5.18. The van der Waals surface area contributed by atoms with Crippen LogP contribution in [0.3, 0.4) is 0 Å². The Kier molecular flexibility index (Phi) is 7.76. The van der Waals surface area contributed by atoms with Crippen LogP contribution in [0.1, 0.15) is 56.5 Å². The van der Waals surface area contributed by atoms with Gasteiger partial charge in [-0.3, -0.25) is 9.59 Å². The predicted molar refractivity (Wildman–Crippen MR) is 95.1 cm³/mol. The Hall–Kier alpha value is -1.53. The lowest BCUT2D eigenvalue weighted by molar-refractivity contribution is -0.127. The summed E-state index contributed by atoms with van der Waals surface area (Å²) in [6.45, 7) is 5.04. The number of nitrogens with one attached hydrogen (secondary N) is 1. The molecule has 0 aliphatic carbocycles. The lowest BCUT2D eigenvalue weighted by atomic mass is 9.93. The van der Waals surface area contributed by atoms with E-state index in [1.165, 1.54) is 6.26 Å². The van der Waals surface area contributed by atoms with Crippen LogP contribution in [-0.4, -0.2) is 41.4 Å². The second-order valence-corrected chi connectivity index (χ2v) is 6.27. The van der Waals surface area contributed by atoms with E-state index in [0.717, 1.165) is 25.7 Å². The van der Waals surface area contributed by atoms with Gasteiger partial charge in [-0.25, -0.2) is 0 Å². The highest BCUT2D eigenvalue weighted by Crippen LogP contribution is 2.20. The number of carbonyl (C=O) groups is 2. The molecule has 6 nitrogen and oxygen atoms in total. The van der Waals surface area contributed by atoms with Gasteiger partial charge in [0, 0.05) is 18.6 Å². The predicted octanol–water partition coefficient (Wildman–Crippen LogP) is 2.33. The largest absolute Gasteiger partial charge is 0.459 e. The smallest absolute Gasteiger partial charge is 0.290 e. The summed E-state index contributed by atoms with van der Waals surface area (Å²) in [5.41, 5.74) is 5.85. The van der Waals surface area contributed by atoms with Gasteiger partial charge in [0.15, 0.2) is 5.76 Å². The maximum atomic E-state index is 12.6. The van der Waals surface area contributed by atoms with Crippen molar-refractivity contribution in [1.29, 1.82) is 0 Å². The van der Waals surface area contributed by atoms with E-state index >= 15 is 0 Å². The number of rotatable bonds is 6. The van der Waals surface area contributed by atoms with E-state index in [-0.39, 0.29) is 35.5 Å². The van der Waals surface area contributed by atoms with E-state index in [9.17, 15) is 9.59 Å². The first kappa shape index (κ1) is 20.5. The number of hydrogen-bond acceptors (Lipinski definition) is 4. The summed E-state index contributed by atoms with van der Waals surface area (Å²) in [4.78, 5) is 26.7. The summed E-state index contributed by atoms with van der Waals surface area (Å²) in [6, 6.07) is 2.86. The van der Waals surface area contributed by atoms with Crippen molar-refractivity contribution in [3.63, 3.8) is 0 Å². The van der Waals surface area contributed by atoms with E-state index < -0.39 is 6.04 Å². The topological polar surface area (TPSA) is 88.6 Å². The molecule has 3 N–H and O–H groups in total. The van der Waals surface area contributed by atoms with E-state index in [2.05, 4.69) is 5.32 Å². The molecule has 1 atom stereocenters. The molecule has 7 heteroatoms. The molecule has 2 amide bonds. The van der Waals surface area contributed by atoms with Crippen molar-refractivity contribution in [2.24, 2.45) is 5.73 Å². The normalized spacial score (nSPS) is 18.0. The molecule has 1 aromatic heterocycles. The number of nitrogens with zero attached hydrogens (tertiary/aromatic N) is 1. The number of nitrogens with two attached hydrogens (primary N) is 1. The zero-order valence-electron chi connectivity index (χ0n) is 14.4. The van der Waals surface area contributed by atoms with Crippen molar-refractivity contribution >= 4 is 24.2 Å². The van der Waals surface area contributed by atoms with Crippen LogP contribution in [0, 0.1) is 0 Å². The maximum Gasteiger partial charge on any atom is 0.290 e. The van der Waals surface area contributed by atoms with Gasteiger partial charge in [0.1, 0.15) is 6.04 Å². The minimum atomic E-state index is -0.445. The average molecular weight is 358 g/mol. The standard InChI is InChI=1S/C17H27N3O3.ClH/c1-3-17(18,4-2)12-19-15(21)13-8-5-6-10-20(13)16(22)14-9-7-11-23-14;/h7,9,11,13H,3-6,8,10,12,18H2,1-2H3,(H,19,21);1H.